The number of carbonyl (C=O) groups excluding carboxylic acids is 2. The first-order valence-corrected chi connectivity index (χ1v) is 12.2. The van der Waals surface area contributed by atoms with Gasteiger partial charge in [0.05, 0.1) is 12.1 Å². The number of benzene rings is 1. The number of aromatic nitrogens is 1. The van der Waals surface area contributed by atoms with E-state index in [1.807, 2.05) is 23.2 Å². The highest BCUT2D eigenvalue weighted by atomic mass is 19.4. The van der Waals surface area contributed by atoms with Gasteiger partial charge in [-0.05, 0) is 62.4 Å². The highest BCUT2D eigenvalue weighted by Gasteiger charge is 2.47. The maximum atomic E-state index is 12.9. The molecule has 6 nitrogen and oxygen atoms in total. The molecule has 2 aromatic rings. The second-order valence-electron chi connectivity index (χ2n) is 9.72. The van der Waals surface area contributed by atoms with Crippen molar-refractivity contribution < 1.29 is 22.8 Å². The quantitative estimate of drug-likeness (QED) is 0.698. The van der Waals surface area contributed by atoms with E-state index in [1.165, 1.54) is 12.1 Å². The van der Waals surface area contributed by atoms with Crippen molar-refractivity contribution in [1.82, 2.24) is 20.1 Å². The first-order chi connectivity index (χ1) is 16.8. The van der Waals surface area contributed by atoms with Crippen LogP contribution in [0.4, 0.5) is 13.2 Å². The van der Waals surface area contributed by atoms with Gasteiger partial charge in [0, 0.05) is 54.6 Å². The average Bonchev–Trinajstić information content (AvgIpc) is 3.59. The number of hydrogen-bond donors (Lipinski definition) is 1. The molecule has 0 bridgehead atoms. The van der Waals surface area contributed by atoms with Crippen LogP contribution in [0.5, 0.6) is 0 Å². The Bertz CT molecular complexity index is 1080. The van der Waals surface area contributed by atoms with E-state index in [0.717, 1.165) is 56.5 Å². The summed E-state index contributed by atoms with van der Waals surface area (Å²) < 4.78 is 38.8. The summed E-state index contributed by atoms with van der Waals surface area (Å²) >= 11 is 0. The number of carbonyl (C=O) groups is 2. The largest absolute Gasteiger partial charge is 0.416 e. The minimum atomic E-state index is -4.53. The Balaban J connectivity index is 1.15. The topological polar surface area (TPSA) is 65.5 Å². The van der Waals surface area contributed by atoms with Gasteiger partial charge in [0.15, 0.2) is 0 Å². The van der Waals surface area contributed by atoms with E-state index in [9.17, 15) is 22.8 Å². The molecule has 1 aliphatic carbocycles. The van der Waals surface area contributed by atoms with Crippen molar-refractivity contribution in [2.45, 2.75) is 62.3 Å². The summed E-state index contributed by atoms with van der Waals surface area (Å²) in [5.41, 5.74) is 0.162. The molecule has 186 valence electrons. The van der Waals surface area contributed by atoms with Crippen LogP contribution in [0.2, 0.25) is 0 Å². The van der Waals surface area contributed by atoms with Gasteiger partial charge in [0.2, 0.25) is 5.91 Å². The van der Waals surface area contributed by atoms with E-state index in [0.29, 0.717) is 24.5 Å². The van der Waals surface area contributed by atoms with Crippen LogP contribution in [-0.2, 0) is 11.0 Å². The molecule has 4 atom stereocenters. The summed E-state index contributed by atoms with van der Waals surface area (Å²) in [7, 11) is 0. The summed E-state index contributed by atoms with van der Waals surface area (Å²) in [4.78, 5) is 34.3. The number of hydrogen-bond acceptors (Lipinski definition) is 4. The van der Waals surface area contributed by atoms with Crippen molar-refractivity contribution in [3.05, 3.63) is 65.5 Å². The standard InChI is InChI=1S/C26H29F3N4O2/c27-26(28,29)19-5-3-4-18(14-19)25(35)31-16-24(34)33-13-10-22-23(33)9-12-32(22)20-8-7-17(15-20)21-6-1-2-11-30-21/h1-6,11,14,17,20,22-23H,7-10,12-13,15-16H2,(H,31,35)/t17-,20-,22-,23-/m0/s1. The maximum absolute atomic E-state index is 12.9. The second kappa shape index (κ2) is 9.60. The Labute approximate surface area is 202 Å². The molecule has 3 fully saturated rings. The van der Waals surface area contributed by atoms with E-state index in [1.54, 1.807) is 0 Å². The zero-order valence-corrected chi connectivity index (χ0v) is 19.4. The fraction of sp³-hybridized carbons (Fsp3) is 0.500. The van der Waals surface area contributed by atoms with E-state index < -0.39 is 17.6 Å². The molecule has 9 heteroatoms. The number of pyridine rings is 1. The van der Waals surface area contributed by atoms with Crippen LogP contribution in [0, 0.1) is 0 Å². The normalized spacial score (nSPS) is 26.7. The van der Waals surface area contributed by atoms with E-state index in [2.05, 4.69) is 21.3 Å². The van der Waals surface area contributed by atoms with E-state index in [4.69, 9.17) is 0 Å². The first kappa shape index (κ1) is 23.8. The van der Waals surface area contributed by atoms with Crippen molar-refractivity contribution in [1.29, 1.82) is 0 Å². The number of alkyl halides is 3. The number of rotatable bonds is 5. The zero-order chi connectivity index (χ0) is 24.6. The van der Waals surface area contributed by atoms with Gasteiger partial charge in [0.25, 0.3) is 5.91 Å². The smallest absolute Gasteiger partial charge is 0.343 e. The highest BCUT2D eigenvalue weighted by Crippen LogP contribution is 2.41. The molecule has 2 aliphatic heterocycles. The number of amides is 2. The predicted molar refractivity (Wildman–Crippen MR) is 124 cm³/mol. The van der Waals surface area contributed by atoms with Crippen LogP contribution in [-0.4, -0.2) is 64.4 Å². The molecule has 1 N–H and O–H groups in total. The van der Waals surface area contributed by atoms with Gasteiger partial charge in [0.1, 0.15) is 0 Å². The maximum Gasteiger partial charge on any atom is 0.416 e. The lowest BCUT2D eigenvalue weighted by atomic mass is 10.0. The zero-order valence-electron chi connectivity index (χ0n) is 19.4. The molecular weight excluding hydrogens is 457 g/mol. The fourth-order valence-corrected chi connectivity index (χ4v) is 6.12. The number of halogens is 3. The third-order valence-corrected chi connectivity index (χ3v) is 7.77. The van der Waals surface area contributed by atoms with Crippen LogP contribution in [0.1, 0.15) is 59.6 Å². The minimum absolute atomic E-state index is 0.109. The summed E-state index contributed by atoms with van der Waals surface area (Å²) in [6, 6.07) is 11.3. The molecule has 0 unspecified atom stereocenters. The van der Waals surface area contributed by atoms with Gasteiger partial charge < -0.3 is 10.2 Å². The summed E-state index contributed by atoms with van der Waals surface area (Å²) in [5.74, 6) is -0.386. The molecule has 35 heavy (non-hydrogen) atoms. The van der Waals surface area contributed by atoms with Gasteiger partial charge in [-0.1, -0.05) is 12.1 Å². The van der Waals surface area contributed by atoms with Crippen molar-refractivity contribution in [2.24, 2.45) is 0 Å². The number of nitrogens with one attached hydrogen (secondary N) is 1. The Hall–Kier alpha value is -2.94. The molecule has 1 aromatic carbocycles. The molecular formula is C26H29F3N4O2. The lowest BCUT2D eigenvalue weighted by Crippen LogP contribution is -2.45. The Morgan fingerprint density at radius 2 is 1.83 bits per heavy atom. The summed E-state index contributed by atoms with van der Waals surface area (Å²) in [6.45, 7) is 1.37. The molecule has 1 aromatic heterocycles. The third-order valence-electron chi connectivity index (χ3n) is 7.77. The van der Waals surface area contributed by atoms with Crippen LogP contribution < -0.4 is 5.32 Å². The lowest BCUT2D eigenvalue weighted by Gasteiger charge is -2.30. The SMILES string of the molecule is O=C(NCC(=O)N1CC[C@H]2[C@@H]1CCN2[C@H]1CC[C@H](c2ccccn2)C1)c1cccc(C(F)(F)F)c1. The predicted octanol–water partition coefficient (Wildman–Crippen LogP) is 3.84. The Kier molecular flexibility index (Phi) is 6.53. The number of fused-ring (bicyclic) bond motifs is 1. The molecule has 3 heterocycles. The molecule has 0 spiro atoms. The van der Waals surface area contributed by atoms with Crippen molar-refractivity contribution in [2.75, 3.05) is 19.6 Å². The van der Waals surface area contributed by atoms with Crippen LogP contribution >= 0.6 is 0 Å². The molecule has 2 saturated heterocycles. The van der Waals surface area contributed by atoms with Crippen molar-refractivity contribution >= 4 is 11.8 Å². The number of likely N-dealkylation sites (tertiary alicyclic amines) is 2. The van der Waals surface area contributed by atoms with Gasteiger partial charge in [-0.2, -0.15) is 13.2 Å². The van der Waals surface area contributed by atoms with Gasteiger partial charge in [-0.25, -0.2) is 0 Å². The Morgan fingerprint density at radius 3 is 2.60 bits per heavy atom. The highest BCUT2D eigenvalue weighted by molar-refractivity contribution is 5.96. The summed E-state index contributed by atoms with van der Waals surface area (Å²) in [6.07, 6.45) is 2.47. The van der Waals surface area contributed by atoms with Crippen LogP contribution in [0.3, 0.4) is 0 Å². The van der Waals surface area contributed by atoms with Crippen molar-refractivity contribution in [3.63, 3.8) is 0 Å². The molecule has 2 amide bonds. The van der Waals surface area contributed by atoms with Crippen LogP contribution in [0.15, 0.2) is 48.7 Å². The third kappa shape index (κ3) is 4.91. The molecule has 3 aliphatic rings. The monoisotopic (exact) mass is 486 g/mol. The minimum Gasteiger partial charge on any atom is -0.343 e. The first-order valence-electron chi connectivity index (χ1n) is 12.2. The molecule has 5 rings (SSSR count). The van der Waals surface area contributed by atoms with E-state index >= 15 is 0 Å². The molecule has 1 saturated carbocycles. The Morgan fingerprint density at radius 1 is 1.00 bits per heavy atom. The van der Waals surface area contributed by atoms with Crippen molar-refractivity contribution in [3.8, 4) is 0 Å². The lowest BCUT2D eigenvalue weighted by molar-refractivity contribution is -0.137. The van der Waals surface area contributed by atoms with Gasteiger partial charge >= 0.3 is 6.18 Å². The van der Waals surface area contributed by atoms with E-state index in [-0.39, 0.29) is 24.1 Å². The molecule has 0 radical (unpaired) electrons. The average molecular weight is 487 g/mol. The van der Waals surface area contributed by atoms with Gasteiger partial charge in [-0.3, -0.25) is 19.5 Å². The number of nitrogens with zero attached hydrogens (tertiary/aromatic N) is 3. The van der Waals surface area contributed by atoms with Crippen LogP contribution in [0.25, 0.3) is 0 Å². The summed E-state index contributed by atoms with van der Waals surface area (Å²) in [5, 5.41) is 2.51. The van der Waals surface area contributed by atoms with Gasteiger partial charge in [-0.15, -0.1) is 0 Å². The second-order valence-corrected chi connectivity index (χ2v) is 9.72. The fourth-order valence-electron chi connectivity index (χ4n) is 6.12.